The Hall–Kier alpha value is -2.13. The molecular weight excluding hydrogens is 309 g/mol. The Labute approximate surface area is 123 Å². The Morgan fingerprint density at radius 1 is 1.32 bits per heavy atom. The molecule has 6 nitrogen and oxygen atoms in total. The van der Waals surface area contributed by atoms with Crippen LogP contribution in [0.15, 0.2) is 18.2 Å². The largest absolute Gasteiger partial charge is 0.573 e. The summed E-state index contributed by atoms with van der Waals surface area (Å²) in [6.45, 7) is 0. The van der Waals surface area contributed by atoms with Crippen molar-refractivity contribution < 1.29 is 42.4 Å². The molecule has 0 aliphatic rings. The van der Waals surface area contributed by atoms with Crippen molar-refractivity contribution in [3.05, 3.63) is 29.3 Å². The minimum absolute atomic E-state index is 0.193. The highest BCUT2D eigenvalue weighted by molar-refractivity contribution is 5.76. The van der Waals surface area contributed by atoms with E-state index in [2.05, 4.69) is 9.47 Å². The van der Waals surface area contributed by atoms with Crippen LogP contribution in [0.25, 0.3) is 0 Å². The van der Waals surface area contributed by atoms with Gasteiger partial charge in [0.05, 0.1) is 19.6 Å². The molecule has 2 N–H and O–H groups in total. The van der Waals surface area contributed by atoms with E-state index < -0.39 is 36.7 Å². The van der Waals surface area contributed by atoms with E-state index in [9.17, 15) is 33.0 Å². The van der Waals surface area contributed by atoms with E-state index in [0.29, 0.717) is 0 Å². The minimum atomic E-state index is -4.98. The van der Waals surface area contributed by atoms with Gasteiger partial charge in [0.25, 0.3) is 0 Å². The molecular formula is C13H13F3O6. The van der Waals surface area contributed by atoms with Crippen LogP contribution in [0, 0.1) is 0 Å². The minimum Gasteiger partial charge on any atom is -0.469 e. The monoisotopic (exact) mass is 322 g/mol. The molecule has 2 unspecified atom stereocenters. The number of aldehydes is 1. The van der Waals surface area contributed by atoms with Gasteiger partial charge in [-0.15, -0.1) is 13.2 Å². The van der Waals surface area contributed by atoms with E-state index in [4.69, 9.17) is 0 Å². The maximum absolute atomic E-state index is 12.2. The highest BCUT2D eigenvalue weighted by Gasteiger charge is 2.32. The molecule has 1 rings (SSSR count). The van der Waals surface area contributed by atoms with Gasteiger partial charge in [0.2, 0.25) is 0 Å². The number of alkyl halides is 3. The van der Waals surface area contributed by atoms with E-state index in [-0.39, 0.29) is 17.4 Å². The Balaban J connectivity index is 3.04. The molecule has 1 aromatic carbocycles. The summed E-state index contributed by atoms with van der Waals surface area (Å²) in [4.78, 5) is 21.8. The molecule has 0 saturated heterocycles. The second-order valence-electron chi connectivity index (χ2n) is 4.29. The van der Waals surface area contributed by atoms with E-state index in [1.807, 2.05) is 0 Å². The van der Waals surface area contributed by atoms with Crippen LogP contribution in [0.3, 0.4) is 0 Å². The highest BCUT2D eigenvalue weighted by Crippen LogP contribution is 2.28. The number of hydrogen-bond acceptors (Lipinski definition) is 6. The maximum Gasteiger partial charge on any atom is 0.573 e. The Morgan fingerprint density at radius 3 is 2.45 bits per heavy atom. The lowest BCUT2D eigenvalue weighted by Gasteiger charge is -2.19. The van der Waals surface area contributed by atoms with E-state index >= 15 is 0 Å². The Kier molecular flexibility index (Phi) is 5.89. The zero-order valence-corrected chi connectivity index (χ0v) is 11.3. The van der Waals surface area contributed by atoms with Crippen LogP contribution in [0.1, 0.15) is 28.4 Å². The van der Waals surface area contributed by atoms with Crippen molar-refractivity contribution >= 4 is 12.3 Å². The summed E-state index contributed by atoms with van der Waals surface area (Å²) in [5.41, 5.74) is -0.402. The van der Waals surface area contributed by atoms with Crippen molar-refractivity contribution in [1.82, 2.24) is 0 Å². The van der Waals surface area contributed by atoms with Crippen LogP contribution in [-0.4, -0.2) is 42.0 Å². The first-order chi connectivity index (χ1) is 10.2. The lowest BCUT2D eigenvalue weighted by Crippen LogP contribution is -2.23. The highest BCUT2D eigenvalue weighted by atomic mass is 19.4. The van der Waals surface area contributed by atoms with Gasteiger partial charge in [0.15, 0.2) is 0 Å². The summed E-state index contributed by atoms with van der Waals surface area (Å²) in [5.74, 6) is -1.54. The number of carbonyl (C=O) groups is 2. The Bertz CT molecular complexity index is 543. The number of rotatable bonds is 6. The smallest absolute Gasteiger partial charge is 0.469 e. The van der Waals surface area contributed by atoms with Crippen LogP contribution in [0.2, 0.25) is 0 Å². The number of aliphatic hydroxyl groups excluding tert-OH is 2. The van der Waals surface area contributed by atoms with E-state index in [1.165, 1.54) is 0 Å². The van der Waals surface area contributed by atoms with Crippen molar-refractivity contribution in [2.75, 3.05) is 7.11 Å². The van der Waals surface area contributed by atoms with Gasteiger partial charge in [-0.25, -0.2) is 0 Å². The van der Waals surface area contributed by atoms with Gasteiger partial charge in [0.1, 0.15) is 18.1 Å². The molecule has 9 heteroatoms. The van der Waals surface area contributed by atoms with Crippen molar-refractivity contribution in [3.63, 3.8) is 0 Å². The predicted molar refractivity (Wildman–Crippen MR) is 66.1 cm³/mol. The molecule has 122 valence electrons. The van der Waals surface area contributed by atoms with Gasteiger partial charge < -0.3 is 19.7 Å². The molecule has 0 aliphatic heterocycles. The fourth-order valence-electron chi connectivity index (χ4n) is 1.67. The summed E-state index contributed by atoms with van der Waals surface area (Å²) in [6.07, 6.45) is -8.61. The molecule has 0 aliphatic carbocycles. The van der Waals surface area contributed by atoms with Crippen LogP contribution >= 0.6 is 0 Å². The number of esters is 1. The SMILES string of the molecule is COC(=O)CC(O)C(O)c1cc(C=O)cc(OC(F)(F)F)c1. The molecule has 0 fully saturated rings. The number of benzene rings is 1. The van der Waals surface area contributed by atoms with Gasteiger partial charge in [0, 0.05) is 5.56 Å². The average Bonchev–Trinajstić information content (AvgIpc) is 2.43. The lowest BCUT2D eigenvalue weighted by atomic mass is 10.00. The number of ether oxygens (including phenoxy) is 2. The van der Waals surface area contributed by atoms with Crippen LogP contribution in [0.4, 0.5) is 13.2 Å². The van der Waals surface area contributed by atoms with Crippen LogP contribution in [0.5, 0.6) is 5.75 Å². The molecule has 22 heavy (non-hydrogen) atoms. The second-order valence-corrected chi connectivity index (χ2v) is 4.29. The predicted octanol–water partition coefficient (Wildman–Crippen LogP) is 1.36. The quantitative estimate of drug-likeness (QED) is 0.607. The van der Waals surface area contributed by atoms with Crippen molar-refractivity contribution in [3.8, 4) is 5.75 Å². The summed E-state index contributed by atoms with van der Waals surface area (Å²) in [5, 5.41) is 19.5. The van der Waals surface area contributed by atoms with Gasteiger partial charge in [-0.1, -0.05) is 0 Å². The second kappa shape index (κ2) is 7.23. The molecule has 0 aromatic heterocycles. The standard InChI is InChI=1S/C13H13F3O6/c1-21-11(19)5-10(18)12(20)8-2-7(6-17)3-9(4-8)22-13(14,15)16/h2-4,6,10,12,18,20H,5H2,1H3. The number of aliphatic hydroxyl groups is 2. The number of methoxy groups -OCH3 is 1. The molecule has 0 amide bonds. The first kappa shape index (κ1) is 17.9. The Morgan fingerprint density at radius 2 is 1.95 bits per heavy atom. The third kappa shape index (κ3) is 5.34. The fourth-order valence-corrected chi connectivity index (χ4v) is 1.67. The summed E-state index contributed by atoms with van der Waals surface area (Å²) >= 11 is 0. The molecule has 2 atom stereocenters. The molecule has 0 heterocycles. The van der Waals surface area contributed by atoms with E-state index in [1.54, 1.807) is 0 Å². The molecule has 0 bridgehead atoms. The van der Waals surface area contributed by atoms with Crippen molar-refractivity contribution in [2.24, 2.45) is 0 Å². The maximum atomic E-state index is 12.2. The third-order valence-electron chi connectivity index (χ3n) is 2.63. The van der Waals surface area contributed by atoms with E-state index in [0.717, 1.165) is 25.3 Å². The fraction of sp³-hybridized carbons (Fsp3) is 0.385. The normalized spacial score (nSPS) is 14.1. The van der Waals surface area contributed by atoms with Crippen molar-refractivity contribution in [1.29, 1.82) is 0 Å². The van der Waals surface area contributed by atoms with Gasteiger partial charge >= 0.3 is 12.3 Å². The van der Waals surface area contributed by atoms with Gasteiger partial charge in [-0.2, -0.15) is 0 Å². The summed E-state index contributed by atoms with van der Waals surface area (Å²) in [7, 11) is 1.07. The zero-order valence-electron chi connectivity index (χ0n) is 11.3. The summed E-state index contributed by atoms with van der Waals surface area (Å²) < 4.78 is 44.6. The number of carbonyl (C=O) groups excluding carboxylic acids is 2. The lowest BCUT2D eigenvalue weighted by molar-refractivity contribution is -0.274. The summed E-state index contributed by atoms with van der Waals surface area (Å²) in [6, 6.07) is 2.70. The average molecular weight is 322 g/mol. The molecule has 0 saturated carbocycles. The van der Waals surface area contributed by atoms with Gasteiger partial charge in [-0.05, 0) is 23.8 Å². The van der Waals surface area contributed by atoms with Crippen LogP contribution < -0.4 is 4.74 Å². The first-order valence-electron chi connectivity index (χ1n) is 5.95. The topological polar surface area (TPSA) is 93.1 Å². The molecule has 1 aromatic rings. The number of halogens is 3. The first-order valence-corrected chi connectivity index (χ1v) is 5.95. The molecule has 0 spiro atoms. The molecule has 0 radical (unpaired) electrons. The van der Waals surface area contributed by atoms with Crippen LogP contribution in [-0.2, 0) is 9.53 Å². The van der Waals surface area contributed by atoms with Gasteiger partial charge in [-0.3, -0.25) is 9.59 Å². The number of hydrogen-bond donors (Lipinski definition) is 2. The zero-order chi connectivity index (χ0) is 16.9. The van der Waals surface area contributed by atoms with Crippen molar-refractivity contribution in [2.45, 2.75) is 25.0 Å². The third-order valence-corrected chi connectivity index (χ3v) is 2.63.